The van der Waals surface area contributed by atoms with E-state index in [0.29, 0.717) is 24.9 Å². The first-order chi connectivity index (χ1) is 8.84. The smallest absolute Gasteiger partial charge is 0.244 e. The fourth-order valence-electron chi connectivity index (χ4n) is 2.37. The molecule has 0 amide bonds. The summed E-state index contributed by atoms with van der Waals surface area (Å²) < 4.78 is 39.4. The quantitative estimate of drug-likeness (QED) is 0.646. The average Bonchev–Trinajstić information content (AvgIpc) is 2.77. The second-order valence-electron chi connectivity index (χ2n) is 4.64. The van der Waals surface area contributed by atoms with Crippen molar-refractivity contribution in [3.8, 4) is 0 Å². The van der Waals surface area contributed by atoms with Crippen molar-refractivity contribution in [2.45, 2.75) is 30.7 Å². The summed E-state index contributed by atoms with van der Waals surface area (Å²) in [5.41, 5.74) is 5.80. The number of nitrogens with one attached hydrogen (secondary N) is 1. The zero-order valence-corrected chi connectivity index (χ0v) is 11.4. The first kappa shape index (κ1) is 14.0. The zero-order valence-electron chi connectivity index (χ0n) is 10.6. The minimum Gasteiger partial charge on any atom is -0.386 e. The van der Waals surface area contributed by atoms with Crippen LogP contribution in [0.5, 0.6) is 0 Å². The molecule has 1 heterocycles. The molecule has 0 radical (unpaired) electrons. The number of benzene rings is 1. The van der Waals surface area contributed by atoms with Gasteiger partial charge >= 0.3 is 0 Å². The highest BCUT2D eigenvalue weighted by molar-refractivity contribution is 7.89. The Labute approximate surface area is 111 Å². The fourth-order valence-corrected chi connectivity index (χ4v) is 4.25. The van der Waals surface area contributed by atoms with Crippen LogP contribution in [0.25, 0.3) is 0 Å². The lowest BCUT2D eigenvalue weighted by atomic mass is 10.2. The number of amidine groups is 1. The Morgan fingerprint density at radius 1 is 1.53 bits per heavy atom. The number of hydrogen-bond donors (Lipinski definition) is 2. The van der Waals surface area contributed by atoms with Crippen molar-refractivity contribution >= 4 is 15.9 Å². The molecule has 1 saturated heterocycles. The van der Waals surface area contributed by atoms with E-state index in [-0.39, 0.29) is 10.7 Å². The van der Waals surface area contributed by atoms with Crippen LogP contribution in [0.3, 0.4) is 0 Å². The molecule has 5 nitrogen and oxygen atoms in total. The van der Waals surface area contributed by atoms with Gasteiger partial charge in [-0.15, -0.1) is 0 Å². The van der Waals surface area contributed by atoms with Gasteiger partial charge in [0.25, 0.3) is 0 Å². The summed E-state index contributed by atoms with van der Waals surface area (Å²) >= 11 is 0. The van der Waals surface area contributed by atoms with Gasteiger partial charge in [0, 0.05) is 6.54 Å². The number of aryl methyl sites for hydroxylation is 1. The van der Waals surface area contributed by atoms with Crippen molar-refractivity contribution < 1.29 is 12.8 Å². The normalized spacial score (nSPS) is 20.6. The first-order valence-corrected chi connectivity index (χ1v) is 7.40. The molecule has 0 aliphatic carbocycles. The maximum absolute atomic E-state index is 13.1. The van der Waals surface area contributed by atoms with Crippen LogP contribution in [-0.4, -0.2) is 31.1 Å². The SMILES string of the molecule is Cc1cc(F)ccc1S(=O)(=O)N1CCCC1C(=N)N. The van der Waals surface area contributed by atoms with E-state index < -0.39 is 21.9 Å². The number of nitrogens with two attached hydrogens (primary N) is 1. The van der Waals surface area contributed by atoms with Gasteiger partial charge in [0.15, 0.2) is 0 Å². The number of sulfonamides is 1. The van der Waals surface area contributed by atoms with Crippen molar-refractivity contribution in [1.82, 2.24) is 4.31 Å². The van der Waals surface area contributed by atoms with Crippen LogP contribution in [0, 0.1) is 18.2 Å². The second-order valence-corrected chi connectivity index (χ2v) is 6.50. The van der Waals surface area contributed by atoms with E-state index >= 15 is 0 Å². The maximum Gasteiger partial charge on any atom is 0.244 e. The van der Waals surface area contributed by atoms with E-state index in [2.05, 4.69) is 0 Å². The molecular weight excluding hydrogens is 269 g/mol. The maximum atomic E-state index is 13.1. The van der Waals surface area contributed by atoms with Crippen LogP contribution in [0.4, 0.5) is 4.39 Å². The highest BCUT2D eigenvalue weighted by atomic mass is 32.2. The summed E-state index contributed by atoms with van der Waals surface area (Å²) in [4.78, 5) is 0.0713. The van der Waals surface area contributed by atoms with E-state index in [0.717, 1.165) is 6.07 Å². The van der Waals surface area contributed by atoms with Gasteiger partial charge in [-0.2, -0.15) is 4.31 Å². The highest BCUT2D eigenvalue weighted by Gasteiger charge is 2.37. The standard InChI is InChI=1S/C12H16FN3O2S/c1-8-7-9(13)4-5-11(8)19(17,18)16-6-2-3-10(16)12(14)15/h4-5,7,10H,2-3,6H2,1H3,(H3,14,15). The predicted octanol–water partition coefficient (Wildman–Crippen LogP) is 1.22. The molecule has 1 aliphatic heterocycles. The van der Waals surface area contributed by atoms with Gasteiger partial charge < -0.3 is 5.73 Å². The lowest BCUT2D eigenvalue weighted by Gasteiger charge is -2.23. The van der Waals surface area contributed by atoms with E-state index in [9.17, 15) is 12.8 Å². The lowest BCUT2D eigenvalue weighted by Crippen LogP contribution is -2.43. The Morgan fingerprint density at radius 2 is 2.21 bits per heavy atom. The molecule has 1 aliphatic rings. The molecular formula is C12H16FN3O2S. The molecule has 0 bridgehead atoms. The molecule has 1 unspecified atom stereocenters. The van der Waals surface area contributed by atoms with Crippen LogP contribution >= 0.6 is 0 Å². The summed E-state index contributed by atoms with van der Waals surface area (Å²) in [5, 5.41) is 7.46. The van der Waals surface area contributed by atoms with Gasteiger partial charge in [-0.25, -0.2) is 12.8 Å². The van der Waals surface area contributed by atoms with Crippen LogP contribution in [0.2, 0.25) is 0 Å². The molecule has 19 heavy (non-hydrogen) atoms. The summed E-state index contributed by atoms with van der Waals surface area (Å²) in [6, 6.07) is 2.98. The molecule has 104 valence electrons. The molecule has 1 aromatic rings. The Kier molecular flexibility index (Phi) is 3.60. The predicted molar refractivity (Wildman–Crippen MR) is 70.0 cm³/mol. The van der Waals surface area contributed by atoms with Crippen LogP contribution in [0.15, 0.2) is 23.1 Å². The van der Waals surface area contributed by atoms with Crippen LogP contribution in [-0.2, 0) is 10.0 Å². The molecule has 1 aromatic carbocycles. The van der Waals surface area contributed by atoms with Crippen LogP contribution in [0.1, 0.15) is 18.4 Å². The summed E-state index contributed by atoms with van der Waals surface area (Å²) in [7, 11) is -3.73. The molecule has 2 rings (SSSR count). The third-order valence-corrected chi connectivity index (χ3v) is 5.35. The molecule has 0 aromatic heterocycles. The Morgan fingerprint density at radius 3 is 2.79 bits per heavy atom. The Hall–Kier alpha value is -1.47. The van der Waals surface area contributed by atoms with Crippen molar-refractivity contribution in [1.29, 1.82) is 5.41 Å². The van der Waals surface area contributed by atoms with Gasteiger partial charge in [0.1, 0.15) is 11.7 Å². The summed E-state index contributed by atoms with van der Waals surface area (Å²) in [6.45, 7) is 1.89. The van der Waals surface area contributed by atoms with Gasteiger partial charge in [0.2, 0.25) is 10.0 Å². The van der Waals surface area contributed by atoms with Crippen LogP contribution < -0.4 is 5.73 Å². The minimum atomic E-state index is -3.73. The topological polar surface area (TPSA) is 87.2 Å². The number of rotatable bonds is 3. The first-order valence-electron chi connectivity index (χ1n) is 5.96. The summed E-state index contributed by atoms with van der Waals surface area (Å²) in [5.74, 6) is -0.623. The zero-order chi connectivity index (χ0) is 14.2. The van der Waals surface area contributed by atoms with E-state index in [1.165, 1.54) is 16.4 Å². The highest BCUT2D eigenvalue weighted by Crippen LogP contribution is 2.27. The number of hydrogen-bond acceptors (Lipinski definition) is 3. The van der Waals surface area contributed by atoms with Gasteiger partial charge in [-0.1, -0.05) is 0 Å². The Balaban J connectivity index is 2.45. The number of nitrogens with zero attached hydrogens (tertiary/aromatic N) is 1. The third-order valence-electron chi connectivity index (χ3n) is 3.29. The molecule has 0 spiro atoms. The molecule has 0 saturated carbocycles. The van der Waals surface area contributed by atoms with Crippen molar-refractivity contribution in [3.05, 3.63) is 29.6 Å². The third kappa shape index (κ3) is 2.48. The van der Waals surface area contributed by atoms with E-state index in [1.807, 2.05) is 0 Å². The Bertz CT molecular complexity index is 615. The second kappa shape index (κ2) is 4.90. The van der Waals surface area contributed by atoms with Crippen molar-refractivity contribution in [2.24, 2.45) is 5.73 Å². The van der Waals surface area contributed by atoms with Crippen molar-refractivity contribution in [2.75, 3.05) is 6.54 Å². The summed E-state index contributed by atoms with van der Waals surface area (Å²) in [6.07, 6.45) is 1.22. The fraction of sp³-hybridized carbons (Fsp3) is 0.417. The average molecular weight is 285 g/mol. The lowest BCUT2D eigenvalue weighted by molar-refractivity contribution is 0.442. The van der Waals surface area contributed by atoms with E-state index in [1.54, 1.807) is 6.92 Å². The van der Waals surface area contributed by atoms with Gasteiger partial charge in [-0.05, 0) is 43.5 Å². The number of halogens is 1. The monoisotopic (exact) mass is 285 g/mol. The van der Waals surface area contributed by atoms with Gasteiger partial charge in [-0.3, -0.25) is 5.41 Å². The molecule has 1 atom stereocenters. The minimum absolute atomic E-state index is 0.0713. The van der Waals surface area contributed by atoms with Gasteiger partial charge in [0.05, 0.1) is 10.9 Å². The van der Waals surface area contributed by atoms with E-state index in [4.69, 9.17) is 11.1 Å². The molecule has 3 N–H and O–H groups in total. The largest absolute Gasteiger partial charge is 0.386 e. The molecule has 1 fully saturated rings. The van der Waals surface area contributed by atoms with Crippen molar-refractivity contribution in [3.63, 3.8) is 0 Å². The molecule has 7 heteroatoms.